The predicted octanol–water partition coefficient (Wildman–Crippen LogP) is 1.53. The van der Waals surface area contributed by atoms with E-state index in [1.165, 1.54) is 5.56 Å². The average Bonchev–Trinajstić information content (AvgIpc) is 2.40. The lowest BCUT2D eigenvalue weighted by atomic mass is 10.0. The number of nitrogens with zero attached hydrogens (tertiary/aromatic N) is 1. The zero-order valence-corrected chi connectivity index (χ0v) is 10.8. The molecule has 0 radical (unpaired) electrons. The van der Waals surface area contributed by atoms with Gasteiger partial charge < -0.3 is 10.1 Å². The van der Waals surface area contributed by atoms with Gasteiger partial charge in [-0.15, -0.1) is 0 Å². The van der Waals surface area contributed by atoms with Crippen LogP contribution in [0.15, 0.2) is 24.3 Å². The van der Waals surface area contributed by atoms with E-state index < -0.39 is 0 Å². The van der Waals surface area contributed by atoms with Crippen molar-refractivity contribution in [2.75, 3.05) is 33.3 Å². The molecule has 1 saturated heterocycles. The molecule has 1 heterocycles. The Labute approximate surface area is 104 Å². The lowest BCUT2D eigenvalue weighted by Crippen LogP contribution is -2.48. The molecule has 1 aromatic rings. The maximum atomic E-state index is 5.40. The summed E-state index contributed by atoms with van der Waals surface area (Å²) in [6, 6.07) is 8.89. The normalized spacial score (nSPS) is 18.9. The van der Waals surface area contributed by atoms with Gasteiger partial charge in [-0.2, -0.15) is 0 Å². The first kappa shape index (κ1) is 12.4. The molecule has 1 fully saturated rings. The number of piperazine rings is 1. The van der Waals surface area contributed by atoms with Crippen LogP contribution in [0.3, 0.4) is 0 Å². The molecule has 0 bridgehead atoms. The van der Waals surface area contributed by atoms with Crippen molar-refractivity contribution in [3.63, 3.8) is 0 Å². The largest absolute Gasteiger partial charge is 0.496 e. The summed E-state index contributed by atoms with van der Waals surface area (Å²) in [6.07, 6.45) is 1.06. The minimum Gasteiger partial charge on any atom is -0.496 e. The molecule has 1 atom stereocenters. The van der Waals surface area contributed by atoms with E-state index >= 15 is 0 Å². The summed E-state index contributed by atoms with van der Waals surface area (Å²) in [6.45, 7) is 6.82. The second kappa shape index (κ2) is 6.03. The van der Waals surface area contributed by atoms with Crippen LogP contribution in [-0.4, -0.2) is 44.2 Å². The second-order valence-corrected chi connectivity index (χ2v) is 4.65. The van der Waals surface area contributed by atoms with Gasteiger partial charge in [0, 0.05) is 32.2 Å². The molecule has 2 rings (SSSR count). The van der Waals surface area contributed by atoms with Crippen molar-refractivity contribution >= 4 is 0 Å². The van der Waals surface area contributed by atoms with Crippen molar-refractivity contribution in [3.05, 3.63) is 29.8 Å². The number of nitrogens with one attached hydrogen (secondary N) is 1. The molecule has 94 valence electrons. The summed E-state index contributed by atoms with van der Waals surface area (Å²) in [7, 11) is 1.74. The summed E-state index contributed by atoms with van der Waals surface area (Å²) in [5, 5.41) is 3.39. The molecule has 1 unspecified atom stereocenters. The number of hydrogen-bond acceptors (Lipinski definition) is 3. The standard InChI is InChI=1S/C14H22N2O/c1-12(16-9-7-15-8-10-16)11-13-5-3-4-6-14(13)17-2/h3-6,12,15H,7-11H2,1-2H3. The average molecular weight is 234 g/mol. The Kier molecular flexibility index (Phi) is 4.40. The third-order valence-corrected chi connectivity index (χ3v) is 3.48. The Balaban J connectivity index is 1.99. The number of ether oxygens (including phenoxy) is 1. The summed E-state index contributed by atoms with van der Waals surface area (Å²) < 4.78 is 5.40. The van der Waals surface area contributed by atoms with Crippen molar-refractivity contribution in [3.8, 4) is 5.75 Å². The number of hydrogen-bond donors (Lipinski definition) is 1. The Morgan fingerprint density at radius 3 is 2.71 bits per heavy atom. The van der Waals surface area contributed by atoms with Crippen molar-refractivity contribution < 1.29 is 4.74 Å². The predicted molar refractivity (Wildman–Crippen MR) is 70.6 cm³/mol. The van der Waals surface area contributed by atoms with Crippen LogP contribution in [0.1, 0.15) is 12.5 Å². The first-order valence-corrected chi connectivity index (χ1v) is 6.38. The van der Waals surface area contributed by atoms with E-state index in [-0.39, 0.29) is 0 Å². The Bertz CT molecular complexity index is 348. The molecule has 0 saturated carbocycles. The SMILES string of the molecule is COc1ccccc1CC(C)N1CCNCC1. The van der Waals surface area contributed by atoms with Crippen LogP contribution in [0.4, 0.5) is 0 Å². The molecule has 1 aliphatic rings. The molecule has 1 aliphatic heterocycles. The minimum atomic E-state index is 0.577. The van der Waals surface area contributed by atoms with Crippen molar-refractivity contribution in [2.45, 2.75) is 19.4 Å². The van der Waals surface area contributed by atoms with E-state index in [1.807, 2.05) is 12.1 Å². The van der Waals surface area contributed by atoms with E-state index in [0.29, 0.717) is 6.04 Å². The third kappa shape index (κ3) is 3.20. The van der Waals surface area contributed by atoms with E-state index in [1.54, 1.807) is 7.11 Å². The highest BCUT2D eigenvalue weighted by Gasteiger charge is 2.17. The minimum absolute atomic E-state index is 0.577. The van der Waals surface area contributed by atoms with Crippen molar-refractivity contribution in [1.82, 2.24) is 10.2 Å². The van der Waals surface area contributed by atoms with Crippen LogP contribution < -0.4 is 10.1 Å². The molecular formula is C14H22N2O. The van der Waals surface area contributed by atoms with Gasteiger partial charge >= 0.3 is 0 Å². The second-order valence-electron chi connectivity index (χ2n) is 4.65. The monoisotopic (exact) mass is 234 g/mol. The first-order chi connectivity index (χ1) is 8.31. The fraction of sp³-hybridized carbons (Fsp3) is 0.571. The van der Waals surface area contributed by atoms with Gasteiger partial charge in [-0.05, 0) is 25.0 Å². The van der Waals surface area contributed by atoms with Crippen LogP contribution >= 0.6 is 0 Å². The van der Waals surface area contributed by atoms with Crippen LogP contribution in [0.5, 0.6) is 5.75 Å². The molecule has 3 heteroatoms. The van der Waals surface area contributed by atoms with Gasteiger partial charge in [0.1, 0.15) is 5.75 Å². The third-order valence-electron chi connectivity index (χ3n) is 3.48. The van der Waals surface area contributed by atoms with E-state index in [0.717, 1.165) is 38.3 Å². The van der Waals surface area contributed by atoms with Crippen LogP contribution in [-0.2, 0) is 6.42 Å². The summed E-state index contributed by atoms with van der Waals surface area (Å²) in [4.78, 5) is 2.54. The highest BCUT2D eigenvalue weighted by molar-refractivity contribution is 5.33. The van der Waals surface area contributed by atoms with Gasteiger partial charge in [0.05, 0.1) is 7.11 Å². The van der Waals surface area contributed by atoms with Crippen LogP contribution in [0, 0.1) is 0 Å². The Morgan fingerprint density at radius 1 is 1.29 bits per heavy atom. The molecule has 0 amide bonds. The van der Waals surface area contributed by atoms with Gasteiger partial charge in [-0.3, -0.25) is 4.90 Å². The Morgan fingerprint density at radius 2 is 2.00 bits per heavy atom. The number of para-hydroxylation sites is 1. The zero-order chi connectivity index (χ0) is 12.1. The van der Waals surface area contributed by atoms with Crippen molar-refractivity contribution in [1.29, 1.82) is 0 Å². The first-order valence-electron chi connectivity index (χ1n) is 6.38. The van der Waals surface area contributed by atoms with Gasteiger partial charge in [0.15, 0.2) is 0 Å². The van der Waals surface area contributed by atoms with Gasteiger partial charge in [-0.1, -0.05) is 18.2 Å². The van der Waals surface area contributed by atoms with Gasteiger partial charge in [-0.25, -0.2) is 0 Å². The molecule has 0 aliphatic carbocycles. The molecular weight excluding hydrogens is 212 g/mol. The smallest absolute Gasteiger partial charge is 0.122 e. The van der Waals surface area contributed by atoms with E-state index in [9.17, 15) is 0 Å². The zero-order valence-electron chi connectivity index (χ0n) is 10.8. The highest BCUT2D eigenvalue weighted by atomic mass is 16.5. The molecule has 0 spiro atoms. The summed E-state index contributed by atoms with van der Waals surface area (Å²) in [5.41, 5.74) is 1.31. The van der Waals surface area contributed by atoms with E-state index in [2.05, 4.69) is 29.3 Å². The maximum Gasteiger partial charge on any atom is 0.122 e. The topological polar surface area (TPSA) is 24.5 Å². The molecule has 1 N–H and O–H groups in total. The number of benzene rings is 1. The fourth-order valence-corrected chi connectivity index (χ4v) is 2.44. The van der Waals surface area contributed by atoms with Gasteiger partial charge in [0.2, 0.25) is 0 Å². The number of rotatable bonds is 4. The Hall–Kier alpha value is -1.06. The van der Waals surface area contributed by atoms with Crippen molar-refractivity contribution in [2.24, 2.45) is 0 Å². The lowest BCUT2D eigenvalue weighted by molar-refractivity contribution is 0.182. The maximum absolute atomic E-state index is 5.40. The molecule has 1 aromatic carbocycles. The highest BCUT2D eigenvalue weighted by Crippen LogP contribution is 2.20. The molecule has 3 nitrogen and oxygen atoms in total. The fourth-order valence-electron chi connectivity index (χ4n) is 2.44. The van der Waals surface area contributed by atoms with Crippen LogP contribution in [0.25, 0.3) is 0 Å². The lowest BCUT2D eigenvalue weighted by Gasteiger charge is -2.33. The van der Waals surface area contributed by atoms with E-state index in [4.69, 9.17) is 4.74 Å². The quantitative estimate of drug-likeness (QED) is 0.855. The van der Waals surface area contributed by atoms with Crippen LogP contribution in [0.2, 0.25) is 0 Å². The summed E-state index contributed by atoms with van der Waals surface area (Å²) in [5.74, 6) is 1.01. The number of methoxy groups -OCH3 is 1. The molecule has 17 heavy (non-hydrogen) atoms. The summed E-state index contributed by atoms with van der Waals surface area (Å²) >= 11 is 0. The molecule has 0 aromatic heterocycles. The van der Waals surface area contributed by atoms with Gasteiger partial charge in [0.25, 0.3) is 0 Å².